The van der Waals surface area contributed by atoms with Crippen molar-refractivity contribution in [2.45, 2.75) is 31.7 Å². The first kappa shape index (κ1) is 15.1. The van der Waals surface area contributed by atoms with Gasteiger partial charge < -0.3 is 14.6 Å². The molecule has 0 fully saturated rings. The van der Waals surface area contributed by atoms with Gasteiger partial charge in [0, 0.05) is 17.7 Å². The first-order valence-corrected chi connectivity index (χ1v) is 7.04. The minimum absolute atomic E-state index is 0.166. The molecule has 1 aromatic heterocycles. The number of nitrogens with one attached hydrogen (secondary N) is 1. The number of nitrogens with zero attached hydrogens (tertiary/aromatic N) is 2. The van der Waals surface area contributed by atoms with E-state index in [0.29, 0.717) is 16.9 Å². The Morgan fingerprint density at radius 2 is 2.17 bits per heavy atom. The van der Waals surface area contributed by atoms with Gasteiger partial charge in [-0.3, -0.25) is 4.79 Å². The van der Waals surface area contributed by atoms with Gasteiger partial charge in [-0.25, -0.2) is 5.10 Å². The molecule has 23 heavy (non-hydrogen) atoms. The lowest BCUT2D eigenvalue weighted by atomic mass is 9.88. The largest absolute Gasteiger partial charge is 0.485 e. The van der Waals surface area contributed by atoms with Crippen LogP contribution in [-0.4, -0.2) is 27.0 Å². The third-order valence-corrected chi connectivity index (χ3v) is 3.72. The zero-order valence-corrected chi connectivity index (χ0v) is 12.6. The number of aromatic amines is 1. The van der Waals surface area contributed by atoms with Crippen LogP contribution in [0.2, 0.25) is 0 Å². The molecule has 1 aliphatic heterocycles. The molecule has 0 saturated heterocycles. The van der Waals surface area contributed by atoms with Crippen LogP contribution < -0.4 is 15.0 Å². The maximum atomic E-state index is 11.1. The number of hydrogen-bond acceptors (Lipinski definition) is 6. The molecule has 0 radical (unpaired) electrons. The number of benzene rings is 1. The summed E-state index contributed by atoms with van der Waals surface area (Å²) in [4.78, 5) is 11.1. The Hall–Kier alpha value is -2.85. The third kappa shape index (κ3) is 2.76. The Balaban J connectivity index is 2.04. The highest BCUT2D eigenvalue weighted by Gasteiger charge is 2.44. The van der Waals surface area contributed by atoms with E-state index in [4.69, 9.17) is 14.7 Å². The fraction of sp³-hybridized carbons (Fsp3) is 0.312. The topological polar surface area (TPSA) is 108 Å². The van der Waals surface area contributed by atoms with Crippen molar-refractivity contribution in [3.8, 4) is 17.7 Å². The van der Waals surface area contributed by atoms with Crippen molar-refractivity contribution in [2.75, 3.05) is 0 Å². The molecular formula is C16H15N3O4. The molecule has 0 amide bonds. The molecule has 0 spiro atoms. The van der Waals surface area contributed by atoms with Crippen LogP contribution in [-0.2, 0) is 0 Å². The van der Waals surface area contributed by atoms with E-state index >= 15 is 0 Å². The summed E-state index contributed by atoms with van der Waals surface area (Å²) in [6, 6.07) is 9.69. The monoisotopic (exact) mass is 313 g/mol. The van der Waals surface area contributed by atoms with Crippen LogP contribution in [0.1, 0.15) is 31.1 Å². The first-order valence-electron chi connectivity index (χ1n) is 7.04. The van der Waals surface area contributed by atoms with Crippen molar-refractivity contribution < 1.29 is 14.6 Å². The summed E-state index contributed by atoms with van der Waals surface area (Å²) in [7, 11) is 0. The molecule has 7 heteroatoms. The fourth-order valence-electron chi connectivity index (χ4n) is 2.47. The summed E-state index contributed by atoms with van der Waals surface area (Å²) in [6.07, 6.45) is -1.77. The van der Waals surface area contributed by atoms with E-state index in [2.05, 4.69) is 10.2 Å². The SMILES string of the molecule is CC1(C)Oc2ccc(C#N)cc2[C@@H](Oc2ccc(=O)[nH]n2)[C@@H]1O. The highest BCUT2D eigenvalue weighted by molar-refractivity contribution is 5.46. The fourth-order valence-corrected chi connectivity index (χ4v) is 2.47. The van der Waals surface area contributed by atoms with Gasteiger partial charge in [0.1, 0.15) is 17.5 Å². The number of aromatic nitrogens is 2. The number of ether oxygens (including phenoxy) is 2. The van der Waals surface area contributed by atoms with Crippen molar-refractivity contribution in [3.05, 3.63) is 51.8 Å². The Bertz CT molecular complexity index is 817. The van der Waals surface area contributed by atoms with E-state index in [0.717, 1.165) is 0 Å². The smallest absolute Gasteiger partial charge is 0.264 e. The molecule has 2 aromatic rings. The molecule has 1 aromatic carbocycles. The summed E-state index contributed by atoms with van der Waals surface area (Å²) >= 11 is 0. The van der Waals surface area contributed by atoms with E-state index in [1.165, 1.54) is 12.1 Å². The van der Waals surface area contributed by atoms with E-state index in [-0.39, 0.29) is 11.4 Å². The van der Waals surface area contributed by atoms with Crippen LogP contribution in [0.3, 0.4) is 0 Å². The predicted octanol–water partition coefficient (Wildman–Crippen LogP) is 1.29. The Kier molecular flexibility index (Phi) is 3.54. The summed E-state index contributed by atoms with van der Waals surface area (Å²) < 4.78 is 11.6. The second-order valence-electron chi connectivity index (χ2n) is 5.81. The molecule has 2 N–H and O–H groups in total. The van der Waals surface area contributed by atoms with Crippen LogP contribution in [0, 0.1) is 11.3 Å². The van der Waals surface area contributed by atoms with Gasteiger partial charge in [0.05, 0.1) is 11.6 Å². The molecule has 0 bridgehead atoms. The van der Waals surface area contributed by atoms with E-state index < -0.39 is 17.8 Å². The maximum absolute atomic E-state index is 11.1. The van der Waals surface area contributed by atoms with Gasteiger partial charge in [-0.2, -0.15) is 5.26 Å². The lowest BCUT2D eigenvalue weighted by molar-refractivity contribution is -0.104. The average molecular weight is 313 g/mol. The number of nitriles is 1. The highest BCUT2D eigenvalue weighted by Crippen LogP contribution is 2.42. The number of fused-ring (bicyclic) bond motifs is 1. The third-order valence-electron chi connectivity index (χ3n) is 3.72. The lowest BCUT2D eigenvalue weighted by Crippen LogP contribution is -2.50. The van der Waals surface area contributed by atoms with E-state index in [1.54, 1.807) is 32.0 Å². The summed E-state index contributed by atoms with van der Waals surface area (Å²) in [6.45, 7) is 3.49. The molecule has 0 saturated carbocycles. The Morgan fingerprint density at radius 1 is 1.39 bits per heavy atom. The zero-order valence-electron chi connectivity index (χ0n) is 12.6. The van der Waals surface area contributed by atoms with Crippen LogP contribution in [0.15, 0.2) is 35.1 Å². The van der Waals surface area contributed by atoms with Gasteiger partial charge in [0.15, 0.2) is 6.10 Å². The van der Waals surface area contributed by atoms with Gasteiger partial charge in [-0.1, -0.05) is 0 Å². The van der Waals surface area contributed by atoms with Gasteiger partial charge in [0.25, 0.3) is 5.56 Å². The van der Waals surface area contributed by atoms with Gasteiger partial charge in [-0.15, -0.1) is 5.10 Å². The van der Waals surface area contributed by atoms with Gasteiger partial charge >= 0.3 is 0 Å². The van der Waals surface area contributed by atoms with Crippen LogP contribution >= 0.6 is 0 Å². The van der Waals surface area contributed by atoms with Crippen LogP contribution in [0.25, 0.3) is 0 Å². The standard InChI is InChI=1S/C16H15N3O4/c1-16(2)15(21)14(22-13-6-5-12(20)18-19-13)10-7-9(8-17)3-4-11(10)23-16/h3-7,14-15,21H,1-2H3,(H,18,20)/t14-,15+/m1/s1. The van der Waals surface area contributed by atoms with Crippen molar-refractivity contribution in [2.24, 2.45) is 0 Å². The van der Waals surface area contributed by atoms with Gasteiger partial charge in [0.2, 0.25) is 5.88 Å². The Labute approximate surface area is 132 Å². The van der Waals surface area contributed by atoms with E-state index in [1.807, 2.05) is 6.07 Å². The summed E-state index contributed by atoms with van der Waals surface area (Å²) in [5, 5.41) is 25.7. The highest BCUT2D eigenvalue weighted by atomic mass is 16.5. The number of H-pyrrole nitrogens is 1. The molecule has 0 unspecified atom stereocenters. The van der Waals surface area contributed by atoms with Crippen LogP contribution in [0.4, 0.5) is 0 Å². The van der Waals surface area contributed by atoms with Crippen molar-refractivity contribution in [1.82, 2.24) is 10.2 Å². The molecule has 2 heterocycles. The minimum atomic E-state index is -0.988. The first-order chi connectivity index (χ1) is 10.9. The maximum Gasteiger partial charge on any atom is 0.264 e. The summed E-state index contributed by atoms with van der Waals surface area (Å²) in [5.74, 6) is 0.702. The van der Waals surface area contributed by atoms with E-state index in [9.17, 15) is 9.90 Å². The minimum Gasteiger partial charge on any atom is -0.485 e. The normalized spacial score (nSPS) is 21.7. The second kappa shape index (κ2) is 5.41. The van der Waals surface area contributed by atoms with Crippen molar-refractivity contribution in [1.29, 1.82) is 5.26 Å². The number of aliphatic hydroxyl groups is 1. The van der Waals surface area contributed by atoms with Crippen molar-refractivity contribution in [3.63, 3.8) is 0 Å². The summed E-state index contributed by atoms with van der Waals surface area (Å²) in [5.41, 5.74) is -0.239. The molecule has 2 atom stereocenters. The molecule has 3 rings (SSSR count). The molecule has 0 aliphatic carbocycles. The second-order valence-corrected chi connectivity index (χ2v) is 5.81. The lowest BCUT2D eigenvalue weighted by Gasteiger charge is -2.41. The Morgan fingerprint density at radius 3 is 2.83 bits per heavy atom. The number of rotatable bonds is 2. The predicted molar refractivity (Wildman–Crippen MR) is 80.1 cm³/mol. The molecule has 118 valence electrons. The zero-order chi connectivity index (χ0) is 16.6. The average Bonchev–Trinajstić information content (AvgIpc) is 2.53. The number of hydrogen-bond donors (Lipinski definition) is 2. The van der Waals surface area contributed by atoms with Gasteiger partial charge in [-0.05, 0) is 32.0 Å². The molecule has 7 nitrogen and oxygen atoms in total. The van der Waals surface area contributed by atoms with Crippen LogP contribution in [0.5, 0.6) is 11.6 Å². The quantitative estimate of drug-likeness (QED) is 0.865. The van der Waals surface area contributed by atoms with Crippen molar-refractivity contribution >= 4 is 0 Å². The number of aliphatic hydroxyl groups excluding tert-OH is 1. The molecular weight excluding hydrogens is 298 g/mol. The molecule has 1 aliphatic rings.